The number of hydrogen-bond acceptors (Lipinski definition) is 12. The molecule has 3 aromatic rings. The second-order valence-electron chi connectivity index (χ2n) is 17.0. The Morgan fingerprint density at radius 1 is 0.921 bits per heavy atom. The number of oxime groups is 1. The third-order valence-corrected chi connectivity index (χ3v) is 12.9. The molecule has 3 aliphatic carbocycles. The SMILES string of the molecule is C=CCOc1ccc2c(c1)[C@H]1[C@H](CCCCO)[C@@H](CCCCO)C=C3C(=NOCc4ccc([N+](=O)[O-])cc4)C[C@H](N(Cc4ccc5c(c4)OCO5)C(=O)C4CC4)[C@@](OCC=C)(O2)[C@H]31. The number of non-ortho nitro benzene ring substituents is 1. The lowest BCUT2D eigenvalue weighted by atomic mass is 9.55. The van der Waals surface area contributed by atoms with E-state index >= 15 is 0 Å². The Hall–Kier alpha value is -5.70. The molecule has 14 nitrogen and oxygen atoms in total. The van der Waals surface area contributed by atoms with Crippen LogP contribution < -0.4 is 18.9 Å². The maximum Gasteiger partial charge on any atom is 0.269 e. The van der Waals surface area contributed by atoms with Gasteiger partial charge in [-0.25, -0.2) is 0 Å². The number of rotatable bonds is 22. The fourth-order valence-electron chi connectivity index (χ4n) is 9.93. The van der Waals surface area contributed by atoms with E-state index in [1.807, 2.05) is 35.2 Å². The molecule has 2 fully saturated rings. The number of aliphatic hydroxyl groups excluding tert-OH is 2. The molecule has 0 bridgehead atoms. The van der Waals surface area contributed by atoms with E-state index in [-0.39, 0.29) is 81.5 Å². The minimum atomic E-state index is -1.43. The number of fused-ring (bicyclic) bond motifs is 3. The van der Waals surface area contributed by atoms with Gasteiger partial charge in [0.15, 0.2) is 11.5 Å². The zero-order valence-electron chi connectivity index (χ0n) is 35.6. The smallest absolute Gasteiger partial charge is 0.269 e. The Bertz CT molecular complexity index is 2200. The number of unbranched alkanes of at least 4 members (excludes halogenated alkanes) is 2. The molecule has 14 heteroatoms. The van der Waals surface area contributed by atoms with Gasteiger partial charge in [-0.3, -0.25) is 14.9 Å². The van der Waals surface area contributed by atoms with Crippen LogP contribution in [-0.2, 0) is 27.5 Å². The molecule has 0 spiro atoms. The molecule has 0 radical (unpaired) electrons. The maximum atomic E-state index is 14.9. The van der Waals surface area contributed by atoms with Crippen LogP contribution in [-0.4, -0.2) is 76.7 Å². The summed E-state index contributed by atoms with van der Waals surface area (Å²) in [5.74, 6) is 0.324. The first-order chi connectivity index (χ1) is 30.8. The Labute approximate surface area is 367 Å². The van der Waals surface area contributed by atoms with E-state index in [9.17, 15) is 25.1 Å². The van der Waals surface area contributed by atoms with Crippen molar-refractivity contribution in [3.63, 3.8) is 0 Å². The normalized spacial score (nSPS) is 24.6. The molecule has 0 unspecified atom stereocenters. The monoisotopic (exact) mass is 863 g/mol. The molecular weight excluding hydrogens is 807 g/mol. The van der Waals surface area contributed by atoms with Crippen LogP contribution in [0.5, 0.6) is 23.0 Å². The van der Waals surface area contributed by atoms with Crippen molar-refractivity contribution in [3.8, 4) is 23.0 Å². The number of nitro benzene ring substituents is 1. The number of nitro groups is 1. The molecule has 2 heterocycles. The highest BCUT2D eigenvalue weighted by molar-refractivity contribution is 6.03. The molecule has 0 saturated heterocycles. The zero-order valence-corrected chi connectivity index (χ0v) is 35.6. The van der Waals surface area contributed by atoms with Gasteiger partial charge in [0.1, 0.15) is 30.8 Å². The molecule has 6 atom stereocenters. The molecule has 2 saturated carbocycles. The van der Waals surface area contributed by atoms with E-state index in [0.29, 0.717) is 53.7 Å². The van der Waals surface area contributed by atoms with Crippen LogP contribution in [0.3, 0.4) is 0 Å². The Balaban J connectivity index is 1.31. The minimum Gasteiger partial charge on any atom is -0.490 e. The van der Waals surface area contributed by atoms with E-state index in [0.717, 1.165) is 55.2 Å². The fraction of sp³-hybridized carbons (Fsp3) is 0.469. The fourth-order valence-corrected chi connectivity index (χ4v) is 9.93. The van der Waals surface area contributed by atoms with Crippen molar-refractivity contribution < 1.29 is 48.5 Å². The van der Waals surface area contributed by atoms with Crippen molar-refractivity contribution in [3.05, 3.63) is 124 Å². The predicted octanol–water partition coefficient (Wildman–Crippen LogP) is 8.16. The quantitative estimate of drug-likeness (QED) is 0.0432. The standard InChI is InChI=1S/C49H57N3O11/c1-3-23-58-37-18-20-42-40(27-37)46-38(10-6-8-22-54)35(9-5-7-21-53)26-39-41(50-62-30-32-11-16-36(17-12-32)52(56)57)28-45(49(63-42,47(39)46)61-24-4-2)51(48(55)34-14-15-34)29-33-13-19-43-44(25-33)60-31-59-43/h3-4,11-13,16-20,25-27,34-35,38,45-47,53-54H,1-2,5-10,14-15,21-24,28-31H2/t35-,38+,45-,46+,47+,49+/m0/s1. The average Bonchev–Trinajstić information content (AvgIpc) is 4.05. The highest BCUT2D eigenvalue weighted by atomic mass is 16.7. The van der Waals surface area contributed by atoms with Crippen molar-refractivity contribution in [1.29, 1.82) is 0 Å². The van der Waals surface area contributed by atoms with Gasteiger partial charge in [-0.15, -0.1) is 6.58 Å². The lowest BCUT2D eigenvalue weighted by Gasteiger charge is -2.60. The lowest BCUT2D eigenvalue weighted by molar-refractivity contribution is -0.384. The number of ether oxygens (including phenoxy) is 5. The van der Waals surface area contributed by atoms with Crippen LogP contribution in [0.25, 0.3) is 0 Å². The molecule has 2 N–H and O–H groups in total. The highest BCUT2D eigenvalue weighted by Gasteiger charge is 2.66. The number of amides is 1. The van der Waals surface area contributed by atoms with Crippen molar-refractivity contribution in [1.82, 2.24) is 4.90 Å². The van der Waals surface area contributed by atoms with Gasteiger partial charge in [-0.2, -0.15) is 0 Å². The number of carbonyl (C=O) groups excluding carboxylic acids is 1. The summed E-state index contributed by atoms with van der Waals surface area (Å²) in [4.78, 5) is 34.0. The minimum absolute atomic E-state index is 0.00544. The summed E-state index contributed by atoms with van der Waals surface area (Å²) in [6.45, 7) is 8.93. The van der Waals surface area contributed by atoms with Gasteiger partial charge in [0.2, 0.25) is 18.5 Å². The Morgan fingerprint density at radius 3 is 2.38 bits per heavy atom. The Kier molecular flexibility index (Phi) is 13.8. The van der Waals surface area contributed by atoms with E-state index < -0.39 is 22.7 Å². The summed E-state index contributed by atoms with van der Waals surface area (Å²) < 4.78 is 32.1. The molecule has 5 aliphatic rings. The van der Waals surface area contributed by atoms with E-state index in [4.69, 9.17) is 33.7 Å². The van der Waals surface area contributed by atoms with Crippen LogP contribution in [0.4, 0.5) is 5.69 Å². The topological polar surface area (TPSA) is 172 Å². The number of nitrogens with zero attached hydrogens (tertiary/aromatic N) is 3. The summed E-state index contributed by atoms with van der Waals surface area (Å²) in [6.07, 6.45) is 12.0. The molecular formula is C49H57N3O11. The van der Waals surface area contributed by atoms with Gasteiger partial charge in [0.25, 0.3) is 5.69 Å². The van der Waals surface area contributed by atoms with Crippen LogP contribution in [0.1, 0.15) is 80.4 Å². The zero-order chi connectivity index (χ0) is 43.9. The first-order valence-electron chi connectivity index (χ1n) is 22.1. The summed E-state index contributed by atoms with van der Waals surface area (Å²) in [6, 6.07) is 17.1. The molecule has 0 aromatic heterocycles. The number of aliphatic hydroxyl groups is 2. The number of allylic oxidation sites excluding steroid dienone is 1. The Morgan fingerprint density at radius 2 is 1.65 bits per heavy atom. The molecule has 63 heavy (non-hydrogen) atoms. The number of carbonyl (C=O) groups is 1. The lowest BCUT2D eigenvalue weighted by Crippen LogP contribution is -2.70. The van der Waals surface area contributed by atoms with Crippen LogP contribution in [0, 0.1) is 33.8 Å². The van der Waals surface area contributed by atoms with Gasteiger partial charge in [-0.1, -0.05) is 48.9 Å². The molecule has 3 aromatic carbocycles. The van der Waals surface area contributed by atoms with Gasteiger partial charge >= 0.3 is 0 Å². The van der Waals surface area contributed by atoms with E-state index in [2.05, 4.69) is 25.3 Å². The summed E-state index contributed by atoms with van der Waals surface area (Å²) in [5, 5.41) is 36.2. The van der Waals surface area contributed by atoms with Crippen LogP contribution in [0.15, 0.2) is 103 Å². The third kappa shape index (κ3) is 9.34. The third-order valence-electron chi connectivity index (χ3n) is 12.9. The number of benzene rings is 3. The summed E-state index contributed by atoms with van der Waals surface area (Å²) in [7, 11) is 0. The second kappa shape index (κ2) is 19.8. The van der Waals surface area contributed by atoms with Crippen molar-refractivity contribution in [2.24, 2.45) is 28.8 Å². The van der Waals surface area contributed by atoms with Crippen LogP contribution >= 0.6 is 0 Å². The van der Waals surface area contributed by atoms with E-state index in [1.54, 1.807) is 24.3 Å². The first-order valence-corrected chi connectivity index (χ1v) is 22.1. The second-order valence-corrected chi connectivity index (χ2v) is 17.0. The van der Waals surface area contributed by atoms with Crippen LogP contribution in [0.2, 0.25) is 0 Å². The van der Waals surface area contributed by atoms with Crippen molar-refractivity contribution in [2.45, 2.75) is 88.7 Å². The van der Waals surface area contributed by atoms with Crippen molar-refractivity contribution in [2.75, 3.05) is 33.2 Å². The van der Waals surface area contributed by atoms with Gasteiger partial charge in [0.05, 0.1) is 23.2 Å². The van der Waals surface area contributed by atoms with Gasteiger partial charge in [-0.05, 0) is 110 Å². The number of hydrogen-bond donors (Lipinski definition) is 2. The first kappa shape index (κ1) is 43.9. The molecule has 334 valence electrons. The van der Waals surface area contributed by atoms with Gasteiger partial charge in [0, 0.05) is 55.7 Å². The van der Waals surface area contributed by atoms with E-state index in [1.165, 1.54) is 12.1 Å². The highest BCUT2D eigenvalue weighted by Crippen LogP contribution is 2.62. The van der Waals surface area contributed by atoms with Gasteiger partial charge < -0.3 is 43.6 Å². The maximum absolute atomic E-state index is 14.9. The molecule has 8 rings (SSSR count). The molecule has 1 amide bonds. The molecule has 2 aliphatic heterocycles. The predicted molar refractivity (Wildman–Crippen MR) is 234 cm³/mol. The summed E-state index contributed by atoms with van der Waals surface area (Å²) in [5.41, 5.74) is 4.05. The van der Waals surface area contributed by atoms with Crippen molar-refractivity contribution >= 4 is 17.3 Å². The largest absolute Gasteiger partial charge is 0.490 e. The average molecular weight is 864 g/mol. The summed E-state index contributed by atoms with van der Waals surface area (Å²) >= 11 is 0.